The molecule has 0 aromatic carbocycles. The summed E-state index contributed by atoms with van der Waals surface area (Å²) in [7, 11) is 0. The van der Waals surface area contributed by atoms with Crippen molar-refractivity contribution in [1.82, 2.24) is 9.38 Å². The molecular weight excluding hydrogens is 100 g/mol. The first-order valence-corrected chi connectivity index (χ1v) is 2.57. The zero-order chi connectivity index (χ0) is 5.40. The third-order valence-electron chi connectivity index (χ3n) is 1.25. The molecule has 0 spiro atoms. The summed E-state index contributed by atoms with van der Waals surface area (Å²) in [5, 5.41) is 0. The van der Waals surface area contributed by atoms with Crippen molar-refractivity contribution in [2.45, 2.75) is 0 Å². The molecule has 2 aromatic heterocycles. The summed E-state index contributed by atoms with van der Waals surface area (Å²) in [6.45, 7) is 0. The Bertz CT molecular complexity index is 228. The van der Waals surface area contributed by atoms with Crippen LogP contribution < -0.4 is 0 Å². The van der Waals surface area contributed by atoms with Crippen LogP contribution in [-0.4, -0.2) is 9.38 Å². The van der Waals surface area contributed by atoms with Crippen LogP contribution in [0.15, 0.2) is 30.7 Å². The molecule has 2 heteroatoms. The van der Waals surface area contributed by atoms with E-state index in [-0.39, 0.29) is 0 Å². The van der Waals surface area contributed by atoms with Crippen molar-refractivity contribution in [2.24, 2.45) is 0 Å². The predicted octanol–water partition coefficient (Wildman–Crippen LogP) is 1.27. The summed E-state index contributed by atoms with van der Waals surface area (Å²) in [6, 6.07) is 4.03. The standard InChI is InChI=1S/C6H6N2/c1-2-6-7-3-5-8(6)4-1/h1-5,7H. The smallest absolute Gasteiger partial charge is 0.114 e. The SMILES string of the molecule is c1cc2[nH]ccn2c1. The second-order valence-corrected chi connectivity index (χ2v) is 1.76. The molecule has 1 N–H and O–H groups in total. The Morgan fingerprint density at radius 3 is 3.25 bits per heavy atom. The van der Waals surface area contributed by atoms with Crippen LogP contribution in [0.4, 0.5) is 0 Å². The number of hydrogen-bond donors (Lipinski definition) is 1. The molecule has 0 saturated carbocycles. The molecule has 0 aliphatic carbocycles. The van der Waals surface area contributed by atoms with Gasteiger partial charge < -0.3 is 9.38 Å². The molecule has 0 unspecified atom stereocenters. The van der Waals surface area contributed by atoms with Crippen molar-refractivity contribution in [1.29, 1.82) is 0 Å². The number of nitrogens with one attached hydrogen (secondary N) is 1. The largest absolute Gasteiger partial charge is 0.346 e. The minimum absolute atomic E-state index is 1.14. The lowest BCUT2D eigenvalue weighted by Gasteiger charge is -1.74. The molecule has 40 valence electrons. The Labute approximate surface area is 46.8 Å². The molecule has 8 heavy (non-hydrogen) atoms. The van der Waals surface area contributed by atoms with Gasteiger partial charge >= 0.3 is 0 Å². The minimum Gasteiger partial charge on any atom is -0.346 e. The highest BCUT2D eigenvalue weighted by Crippen LogP contribution is 1.97. The first-order chi connectivity index (χ1) is 3.97. The van der Waals surface area contributed by atoms with Crippen molar-refractivity contribution in [3.05, 3.63) is 30.7 Å². The fourth-order valence-electron chi connectivity index (χ4n) is 0.849. The second-order valence-electron chi connectivity index (χ2n) is 1.76. The van der Waals surface area contributed by atoms with Crippen molar-refractivity contribution in [2.75, 3.05) is 0 Å². The van der Waals surface area contributed by atoms with Crippen molar-refractivity contribution in [3.8, 4) is 0 Å². The molecular formula is C6H6N2. The van der Waals surface area contributed by atoms with Crippen LogP contribution in [0.2, 0.25) is 0 Å². The van der Waals surface area contributed by atoms with Gasteiger partial charge in [-0.1, -0.05) is 0 Å². The highest BCUT2D eigenvalue weighted by molar-refractivity contribution is 5.38. The summed E-state index contributed by atoms with van der Waals surface area (Å²) < 4.78 is 2.03. The highest BCUT2D eigenvalue weighted by atomic mass is 15.0. The zero-order valence-electron chi connectivity index (χ0n) is 4.33. The number of aromatic amines is 1. The topological polar surface area (TPSA) is 20.2 Å². The zero-order valence-corrected chi connectivity index (χ0v) is 4.33. The van der Waals surface area contributed by atoms with Gasteiger partial charge in [-0.05, 0) is 12.1 Å². The van der Waals surface area contributed by atoms with E-state index in [9.17, 15) is 0 Å². The van der Waals surface area contributed by atoms with Gasteiger partial charge in [-0.25, -0.2) is 0 Å². The first-order valence-electron chi connectivity index (χ1n) is 2.57. The number of rotatable bonds is 0. The number of imidazole rings is 1. The summed E-state index contributed by atoms with van der Waals surface area (Å²) in [4.78, 5) is 3.06. The van der Waals surface area contributed by atoms with Crippen LogP contribution >= 0.6 is 0 Å². The normalized spacial score (nSPS) is 10.5. The lowest BCUT2D eigenvalue weighted by molar-refractivity contribution is 1.23. The van der Waals surface area contributed by atoms with Gasteiger partial charge in [0.1, 0.15) is 5.65 Å². The van der Waals surface area contributed by atoms with Gasteiger partial charge in [-0.15, -0.1) is 0 Å². The molecule has 0 bridgehead atoms. The summed E-state index contributed by atoms with van der Waals surface area (Å²) in [6.07, 6.45) is 5.90. The molecule has 2 nitrogen and oxygen atoms in total. The molecule has 0 aliphatic rings. The molecule has 0 saturated heterocycles. The van der Waals surface area contributed by atoms with Crippen LogP contribution in [-0.2, 0) is 0 Å². The van der Waals surface area contributed by atoms with Gasteiger partial charge in [-0.3, -0.25) is 0 Å². The van der Waals surface area contributed by atoms with Gasteiger partial charge in [0.15, 0.2) is 0 Å². The Kier molecular flexibility index (Phi) is 0.545. The minimum atomic E-state index is 1.14. The van der Waals surface area contributed by atoms with E-state index in [1.807, 2.05) is 35.1 Å². The second kappa shape index (κ2) is 1.15. The van der Waals surface area contributed by atoms with Crippen LogP contribution in [0, 0.1) is 0 Å². The molecule has 0 fully saturated rings. The number of fused-ring (bicyclic) bond motifs is 1. The van der Waals surface area contributed by atoms with E-state index in [0.717, 1.165) is 5.65 Å². The van der Waals surface area contributed by atoms with E-state index in [1.165, 1.54) is 0 Å². The van der Waals surface area contributed by atoms with Crippen molar-refractivity contribution >= 4 is 5.65 Å². The Morgan fingerprint density at radius 1 is 1.38 bits per heavy atom. The van der Waals surface area contributed by atoms with Crippen LogP contribution in [0.1, 0.15) is 0 Å². The summed E-state index contributed by atoms with van der Waals surface area (Å²) in [5.74, 6) is 0. The lowest BCUT2D eigenvalue weighted by Crippen LogP contribution is -1.67. The van der Waals surface area contributed by atoms with Gasteiger partial charge in [0.2, 0.25) is 0 Å². The molecule has 2 heterocycles. The number of nitrogens with zero attached hydrogens (tertiary/aromatic N) is 1. The van der Waals surface area contributed by atoms with Crippen molar-refractivity contribution in [3.63, 3.8) is 0 Å². The fourth-order valence-corrected chi connectivity index (χ4v) is 0.849. The van der Waals surface area contributed by atoms with Crippen LogP contribution in [0.5, 0.6) is 0 Å². The number of hydrogen-bond acceptors (Lipinski definition) is 0. The number of aromatic nitrogens is 2. The van der Waals surface area contributed by atoms with Gasteiger partial charge in [0.25, 0.3) is 0 Å². The maximum atomic E-state index is 3.06. The van der Waals surface area contributed by atoms with E-state index in [4.69, 9.17) is 0 Å². The molecule has 0 aliphatic heterocycles. The Morgan fingerprint density at radius 2 is 2.38 bits per heavy atom. The maximum absolute atomic E-state index is 3.06. The predicted molar refractivity (Wildman–Crippen MR) is 31.7 cm³/mol. The Balaban J connectivity index is 3.06. The van der Waals surface area contributed by atoms with Crippen molar-refractivity contribution < 1.29 is 0 Å². The van der Waals surface area contributed by atoms with Gasteiger partial charge in [-0.2, -0.15) is 0 Å². The average molecular weight is 106 g/mol. The van der Waals surface area contributed by atoms with Gasteiger partial charge in [0.05, 0.1) is 0 Å². The lowest BCUT2D eigenvalue weighted by atomic mass is 10.6. The maximum Gasteiger partial charge on any atom is 0.114 e. The molecule has 0 amide bonds. The van der Waals surface area contributed by atoms with E-state index < -0.39 is 0 Å². The number of H-pyrrole nitrogens is 1. The molecule has 0 radical (unpaired) electrons. The third kappa shape index (κ3) is 0.320. The average Bonchev–Trinajstić information content (AvgIpc) is 2.15. The third-order valence-corrected chi connectivity index (χ3v) is 1.25. The molecule has 2 aromatic rings. The van der Waals surface area contributed by atoms with E-state index in [0.29, 0.717) is 0 Å². The summed E-state index contributed by atoms with van der Waals surface area (Å²) >= 11 is 0. The Hall–Kier alpha value is -1.18. The summed E-state index contributed by atoms with van der Waals surface area (Å²) in [5.41, 5.74) is 1.14. The molecule has 0 atom stereocenters. The quantitative estimate of drug-likeness (QED) is 0.522. The molecule has 2 rings (SSSR count). The van der Waals surface area contributed by atoms with Crippen LogP contribution in [0.25, 0.3) is 5.65 Å². The van der Waals surface area contributed by atoms with E-state index >= 15 is 0 Å². The highest BCUT2D eigenvalue weighted by Gasteiger charge is 1.85. The van der Waals surface area contributed by atoms with Crippen LogP contribution in [0.3, 0.4) is 0 Å². The van der Waals surface area contributed by atoms with E-state index in [1.54, 1.807) is 0 Å². The first kappa shape index (κ1) is 3.78. The van der Waals surface area contributed by atoms with Gasteiger partial charge in [0, 0.05) is 18.6 Å². The fraction of sp³-hybridized carbons (Fsp3) is 0. The monoisotopic (exact) mass is 106 g/mol. The van der Waals surface area contributed by atoms with E-state index in [2.05, 4.69) is 4.98 Å².